The molecule has 2 atom stereocenters. The van der Waals surface area contributed by atoms with Gasteiger partial charge in [-0.3, -0.25) is 4.79 Å². The van der Waals surface area contributed by atoms with Crippen molar-refractivity contribution in [3.8, 4) is 0 Å². The Kier molecular flexibility index (Phi) is 5.77. The van der Waals surface area contributed by atoms with E-state index in [1.54, 1.807) is 30.5 Å². The predicted octanol–water partition coefficient (Wildman–Crippen LogP) is 1.70. The number of aliphatic hydroxyl groups excluding tert-OH is 2. The van der Waals surface area contributed by atoms with Gasteiger partial charge >= 0.3 is 5.97 Å². The number of hydrogen-bond donors (Lipinski definition) is 2. The van der Waals surface area contributed by atoms with Crippen LogP contribution in [0.1, 0.15) is 30.2 Å². The highest BCUT2D eigenvalue weighted by molar-refractivity contribution is 14.1. The third kappa shape index (κ3) is 3.56. The second kappa shape index (κ2) is 7.41. The SMILES string of the molecule is CCOC(=O)c1cn([C@H](CO)[C@@H](C)O)c2ccc(I)cc2c1=O. The topological polar surface area (TPSA) is 88.8 Å². The number of aromatic nitrogens is 1. The van der Waals surface area contributed by atoms with E-state index in [9.17, 15) is 19.8 Å². The summed E-state index contributed by atoms with van der Waals surface area (Å²) < 4.78 is 7.34. The van der Waals surface area contributed by atoms with E-state index in [4.69, 9.17) is 4.74 Å². The van der Waals surface area contributed by atoms with Gasteiger partial charge in [-0.05, 0) is 54.6 Å². The lowest BCUT2D eigenvalue weighted by Crippen LogP contribution is -2.29. The Morgan fingerprint density at radius 3 is 2.70 bits per heavy atom. The number of hydrogen-bond acceptors (Lipinski definition) is 5. The van der Waals surface area contributed by atoms with E-state index in [2.05, 4.69) is 22.6 Å². The molecular formula is C16H18INO5. The normalized spacial score (nSPS) is 13.8. The molecule has 0 aliphatic heterocycles. The third-order valence-corrected chi connectivity index (χ3v) is 4.26. The summed E-state index contributed by atoms with van der Waals surface area (Å²) in [5.41, 5.74) is 0.0133. The van der Waals surface area contributed by atoms with Crippen LogP contribution < -0.4 is 5.43 Å². The lowest BCUT2D eigenvalue weighted by Gasteiger charge is -2.24. The molecule has 0 aliphatic carbocycles. The summed E-state index contributed by atoms with van der Waals surface area (Å²) >= 11 is 2.08. The van der Waals surface area contributed by atoms with Crippen molar-refractivity contribution < 1.29 is 19.7 Å². The number of halogens is 1. The monoisotopic (exact) mass is 431 g/mol. The molecule has 23 heavy (non-hydrogen) atoms. The van der Waals surface area contributed by atoms with Crippen molar-refractivity contribution in [2.24, 2.45) is 0 Å². The molecule has 1 aromatic heterocycles. The number of ether oxygens (including phenoxy) is 1. The minimum atomic E-state index is -0.861. The van der Waals surface area contributed by atoms with Crippen LogP contribution in [0.5, 0.6) is 0 Å². The van der Waals surface area contributed by atoms with E-state index < -0.39 is 23.5 Å². The molecule has 124 valence electrons. The molecule has 1 heterocycles. The van der Waals surface area contributed by atoms with Crippen LogP contribution in [0.2, 0.25) is 0 Å². The maximum Gasteiger partial charge on any atom is 0.343 e. The summed E-state index contributed by atoms with van der Waals surface area (Å²) in [4.78, 5) is 24.7. The molecule has 7 heteroatoms. The Balaban J connectivity index is 2.82. The summed E-state index contributed by atoms with van der Waals surface area (Å²) in [5.74, 6) is -0.714. The van der Waals surface area contributed by atoms with Crippen LogP contribution in [0, 0.1) is 3.57 Å². The Morgan fingerprint density at radius 2 is 2.13 bits per heavy atom. The predicted molar refractivity (Wildman–Crippen MR) is 94.7 cm³/mol. The number of carbonyl (C=O) groups excluding carboxylic acids is 1. The fourth-order valence-corrected chi connectivity index (χ4v) is 2.92. The van der Waals surface area contributed by atoms with Gasteiger partial charge in [0, 0.05) is 15.2 Å². The van der Waals surface area contributed by atoms with Gasteiger partial charge in [-0.25, -0.2) is 4.79 Å². The van der Waals surface area contributed by atoms with Gasteiger partial charge in [0.15, 0.2) is 0 Å². The van der Waals surface area contributed by atoms with Crippen molar-refractivity contribution >= 4 is 39.5 Å². The van der Waals surface area contributed by atoms with Crippen LogP contribution in [0.25, 0.3) is 10.9 Å². The number of aliphatic hydroxyl groups is 2. The number of pyridine rings is 1. The Labute approximate surface area is 146 Å². The largest absolute Gasteiger partial charge is 0.462 e. The molecule has 2 aromatic rings. The number of benzene rings is 1. The highest BCUT2D eigenvalue weighted by Gasteiger charge is 2.22. The molecular weight excluding hydrogens is 413 g/mol. The Bertz CT molecular complexity index is 784. The summed E-state index contributed by atoms with van der Waals surface area (Å²) in [7, 11) is 0. The van der Waals surface area contributed by atoms with Crippen molar-refractivity contribution in [1.29, 1.82) is 0 Å². The van der Waals surface area contributed by atoms with Crippen molar-refractivity contribution in [2.45, 2.75) is 26.0 Å². The van der Waals surface area contributed by atoms with Crippen molar-refractivity contribution in [3.05, 3.63) is 43.8 Å². The van der Waals surface area contributed by atoms with Crippen LogP contribution >= 0.6 is 22.6 Å². The second-order valence-corrected chi connectivity index (χ2v) is 6.40. The van der Waals surface area contributed by atoms with E-state index in [0.717, 1.165) is 3.57 Å². The molecule has 0 saturated carbocycles. The molecule has 0 spiro atoms. The van der Waals surface area contributed by atoms with Crippen LogP contribution in [0.4, 0.5) is 0 Å². The van der Waals surface area contributed by atoms with Gasteiger partial charge in [-0.15, -0.1) is 0 Å². The molecule has 2 N–H and O–H groups in total. The summed E-state index contributed by atoms with van der Waals surface area (Å²) in [5, 5.41) is 19.8. The van der Waals surface area contributed by atoms with Gasteiger partial charge in [-0.2, -0.15) is 0 Å². The van der Waals surface area contributed by atoms with Crippen molar-refractivity contribution in [1.82, 2.24) is 4.57 Å². The summed E-state index contributed by atoms with van der Waals surface area (Å²) in [6, 6.07) is 4.55. The fourth-order valence-electron chi connectivity index (χ4n) is 2.43. The molecule has 0 fully saturated rings. The Morgan fingerprint density at radius 1 is 1.43 bits per heavy atom. The lowest BCUT2D eigenvalue weighted by atomic mass is 10.1. The average molecular weight is 431 g/mol. The Hall–Kier alpha value is -1.45. The standard InChI is InChI=1S/C16H18INO5/c1-3-23-16(22)12-7-18(14(8-19)9(2)20)13-5-4-10(17)6-11(13)15(12)21/h4-7,9,14,19-20H,3,8H2,1-2H3/t9-,14-/m1/s1. The third-order valence-electron chi connectivity index (χ3n) is 3.59. The molecule has 6 nitrogen and oxygen atoms in total. The number of esters is 1. The summed E-state index contributed by atoms with van der Waals surface area (Å²) in [6.07, 6.45) is 0.489. The van der Waals surface area contributed by atoms with Gasteiger partial charge in [0.25, 0.3) is 0 Å². The van der Waals surface area contributed by atoms with Gasteiger partial charge in [0.1, 0.15) is 5.56 Å². The lowest BCUT2D eigenvalue weighted by molar-refractivity contribution is 0.0520. The smallest absolute Gasteiger partial charge is 0.343 e. The molecule has 1 aromatic carbocycles. The minimum absolute atomic E-state index is 0.111. The van der Waals surface area contributed by atoms with E-state index in [-0.39, 0.29) is 18.8 Å². The van der Waals surface area contributed by atoms with Crippen LogP contribution in [-0.2, 0) is 4.74 Å². The van der Waals surface area contributed by atoms with E-state index in [0.29, 0.717) is 10.9 Å². The van der Waals surface area contributed by atoms with Gasteiger partial charge in [-0.1, -0.05) is 0 Å². The minimum Gasteiger partial charge on any atom is -0.462 e. The maximum absolute atomic E-state index is 12.6. The average Bonchev–Trinajstić information content (AvgIpc) is 2.50. The van der Waals surface area contributed by atoms with Gasteiger partial charge in [0.2, 0.25) is 5.43 Å². The molecule has 0 bridgehead atoms. The van der Waals surface area contributed by atoms with Gasteiger partial charge in [0.05, 0.1) is 30.9 Å². The van der Waals surface area contributed by atoms with E-state index in [1.807, 2.05) is 6.07 Å². The molecule has 0 radical (unpaired) electrons. The van der Waals surface area contributed by atoms with Crippen molar-refractivity contribution in [3.63, 3.8) is 0 Å². The number of rotatable bonds is 5. The molecule has 0 unspecified atom stereocenters. The van der Waals surface area contributed by atoms with E-state index in [1.165, 1.54) is 6.20 Å². The number of carbonyl (C=O) groups is 1. The number of nitrogens with zero attached hydrogens (tertiary/aromatic N) is 1. The van der Waals surface area contributed by atoms with Crippen LogP contribution in [-0.4, -0.2) is 40.1 Å². The zero-order valence-corrected chi connectivity index (χ0v) is 15.0. The summed E-state index contributed by atoms with van der Waals surface area (Å²) in [6.45, 7) is 3.03. The quantitative estimate of drug-likeness (QED) is 0.556. The van der Waals surface area contributed by atoms with Crippen LogP contribution in [0.3, 0.4) is 0 Å². The highest BCUT2D eigenvalue weighted by atomic mass is 127. The first-order valence-corrected chi connectivity index (χ1v) is 8.29. The fraction of sp³-hybridized carbons (Fsp3) is 0.375. The first-order chi connectivity index (χ1) is 10.9. The zero-order chi connectivity index (χ0) is 17.1. The molecule has 0 saturated heterocycles. The van der Waals surface area contributed by atoms with E-state index >= 15 is 0 Å². The maximum atomic E-state index is 12.6. The van der Waals surface area contributed by atoms with Crippen LogP contribution in [0.15, 0.2) is 29.2 Å². The van der Waals surface area contributed by atoms with Crippen molar-refractivity contribution in [2.75, 3.05) is 13.2 Å². The molecule has 0 aliphatic rings. The number of fused-ring (bicyclic) bond motifs is 1. The van der Waals surface area contributed by atoms with Gasteiger partial charge < -0.3 is 19.5 Å². The second-order valence-electron chi connectivity index (χ2n) is 5.15. The highest BCUT2D eigenvalue weighted by Crippen LogP contribution is 2.22. The molecule has 2 rings (SSSR count). The molecule has 0 amide bonds. The zero-order valence-electron chi connectivity index (χ0n) is 12.8. The first kappa shape index (κ1) is 17.9. The first-order valence-electron chi connectivity index (χ1n) is 7.21.